The molecule has 0 atom stereocenters. The number of carbonyl (C=O) groups is 2. The molecule has 6 nitrogen and oxygen atoms in total. The minimum atomic E-state index is -0.307. The first-order chi connectivity index (χ1) is 14.0. The van der Waals surface area contributed by atoms with Crippen LogP contribution in [0.5, 0.6) is 0 Å². The third kappa shape index (κ3) is 4.06. The van der Waals surface area contributed by atoms with Crippen molar-refractivity contribution in [2.45, 2.75) is 33.4 Å². The molecule has 1 N–H and O–H groups in total. The highest BCUT2D eigenvalue weighted by molar-refractivity contribution is 6.05. The summed E-state index contributed by atoms with van der Waals surface area (Å²) in [7, 11) is 0. The predicted octanol–water partition coefficient (Wildman–Crippen LogP) is 3.80. The zero-order valence-corrected chi connectivity index (χ0v) is 16.7. The number of hydrogen-bond acceptors (Lipinski definition) is 3. The van der Waals surface area contributed by atoms with Gasteiger partial charge in [-0.05, 0) is 37.5 Å². The van der Waals surface area contributed by atoms with Crippen LogP contribution < -0.4 is 5.32 Å². The van der Waals surface area contributed by atoms with Gasteiger partial charge < -0.3 is 10.2 Å². The Labute approximate surface area is 170 Å². The Morgan fingerprint density at radius 3 is 2.69 bits per heavy atom. The highest BCUT2D eigenvalue weighted by Crippen LogP contribution is 2.19. The van der Waals surface area contributed by atoms with Gasteiger partial charge in [-0.2, -0.15) is 5.10 Å². The number of rotatable bonds is 4. The lowest BCUT2D eigenvalue weighted by molar-refractivity contribution is 0.0745. The molecular formula is C23H24N4O2. The SMILES string of the molecule is Cc1cccc(CN2CCCn3nc(C(=O)Nc4ccccc4C)cc3C2=O)c1. The Hall–Kier alpha value is -3.41. The molecule has 0 bridgehead atoms. The third-order valence-corrected chi connectivity index (χ3v) is 5.17. The van der Waals surface area contributed by atoms with E-state index in [2.05, 4.69) is 16.5 Å². The molecule has 4 rings (SSSR count). The van der Waals surface area contributed by atoms with E-state index < -0.39 is 0 Å². The van der Waals surface area contributed by atoms with Crippen molar-refractivity contribution in [2.75, 3.05) is 11.9 Å². The first-order valence-electron chi connectivity index (χ1n) is 9.81. The van der Waals surface area contributed by atoms with Gasteiger partial charge in [-0.25, -0.2) is 0 Å². The van der Waals surface area contributed by atoms with Gasteiger partial charge in [0.2, 0.25) is 0 Å². The molecule has 1 aromatic heterocycles. The lowest BCUT2D eigenvalue weighted by Crippen LogP contribution is -2.30. The number of aromatic nitrogens is 2. The molecule has 0 radical (unpaired) electrons. The second-order valence-corrected chi connectivity index (χ2v) is 7.48. The van der Waals surface area contributed by atoms with Crippen LogP contribution in [-0.2, 0) is 13.1 Å². The summed E-state index contributed by atoms with van der Waals surface area (Å²) in [5.74, 6) is -0.399. The van der Waals surface area contributed by atoms with E-state index in [0.29, 0.717) is 25.3 Å². The fourth-order valence-corrected chi connectivity index (χ4v) is 3.63. The summed E-state index contributed by atoms with van der Waals surface area (Å²) in [4.78, 5) is 27.6. The molecular weight excluding hydrogens is 364 g/mol. The summed E-state index contributed by atoms with van der Waals surface area (Å²) in [5, 5.41) is 7.28. The summed E-state index contributed by atoms with van der Waals surface area (Å²) < 4.78 is 1.66. The topological polar surface area (TPSA) is 67.2 Å². The van der Waals surface area contributed by atoms with Crippen LogP contribution in [0.25, 0.3) is 0 Å². The molecule has 29 heavy (non-hydrogen) atoms. The van der Waals surface area contributed by atoms with Crippen molar-refractivity contribution < 1.29 is 9.59 Å². The normalized spacial score (nSPS) is 13.7. The summed E-state index contributed by atoms with van der Waals surface area (Å²) >= 11 is 0. The minimum Gasteiger partial charge on any atom is -0.333 e. The summed E-state index contributed by atoms with van der Waals surface area (Å²) in [6.45, 7) is 5.81. The van der Waals surface area contributed by atoms with Gasteiger partial charge in [0.15, 0.2) is 5.69 Å². The molecule has 0 unspecified atom stereocenters. The zero-order chi connectivity index (χ0) is 20.4. The Morgan fingerprint density at radius 2 is 1.90 bits per heavy atom. The van der Waals surface area contributed by atoms with Crippen molar-refractivity contribution in [1.29, 1.82) is 0 Å². The molecule has 3 aromatic rings. The van der Waals surface area contributed by atoms with Crippen molar-refractivity contribution in [3.8, 4) is 0 Å². The Kier molecular flexibility index (Phi) is 5.16. The van der Waals surface area contributed by atoms with Crippen molar-refractivity contribution >= 4 is 17.5 Å². The smallest absolute Gasteiger partial charge is 0.276 e. The van der Waals surface area contributed by atoms with E-state index in [0.717, 1.165) is 23.2 Å². The molecule has 0 saturated heterocycles. The third-order valence-electron chi connectivity index (χ3n) is 5.17. The van der Waals surface area contributed by atoms with Crippen molar-refractivity contribution in [3.05, 3.63) is 82.7 Å². The van der Waals surface area contributed by atoms with Gasteiger partial charge in [-0.3, -0.25) is 14.3 Å². The average Bonchev–Trinajstić information content (AvgIpc) is 3.07. The van der Waals surface area contributed by atoms with Gasteiger partial charge >= 0.3 is 0 Å². The fourth-order valence-electron chi connectivity index (χ4n) is 3.63. The fraction of sp³-hybridized carbons (Fsp3) is 0.261. The molecule has 2 aromatic carbocycles. The molecule has 0 fully saturated rings. The quantitative estimate of drug-likeness (QED) is 0.739. The minimum absolute atomic E-state index is 0.0913. The second kappa shape index (κ2) is 7.91. The number of nitrogens with zero attached hydrogens (tertiary/aromatic N) is 3. The number of benzene rings is 2. The Bertz CT molecular complexity index is 1070. The zero-order valence-electron chi connectivity index (χ0n) is 16.7. The lowest BCUT2D eigenvalue weighted by Gasteiger charge is -2.20. The van der Waals surface area contributed by atoms with Crippen molar-refractivity contribution in [2.24, 2.45) is 0 Å². The summed E-state index contributed by atoms with van der Waals surface area (Å²) in [5.41, 5.74) is 4.71. The monoisotopic (exact) mass is 388 g/mol. The maximum atomic E-state index is 13.1. The molecule has 148 valence electrons. The second-order valence-electron chi connectivity index (χ2n) is 7.48. The van der Waals surface area contributed by atoms with Crippen LogP contribution in [0.1, 0.15) is 44.1 Å². The van der Waals surface area contributed by atoms with Crippen LogP contribution in [0.2, 0.25) is 0 Å². The number of aryl methyl sites for hydroxylation is 3. The number of fused-ring (bicyclic) bond motifs is 1. The van der Waals surface area contributed by atoms with E-state index in [1.54, 1.807) is 10.7 Å². The van der Waals surface area contributed by atoms with Gasteiger partial charge in [0, 0.05) is 31.4 Å². The van der Waals surface area contributed by atoms with E-state index >= 15 is 0 Å². The standard InChI is InChI=1S/C23H24N4O2/c1-16-7-5-9-18(13-16)15-26-11-6-12-27-21(23(26)29)14-20(25-27)22(28)24-19-10-4-3-8-17(19)2/h3-5,7-10,13-14H,6,11-12,15H2,1-2H3,(H,24,28). The lowest BCUT2D eigenvalue weighted by atomic mass is 10.1. The predicted molar refractivity (Wildman–Crippen MR) is 112 cm³/mol. The number of anilines is 1. The molecule has 0 saturated carbocycles. The van der Waals surface area contributed by atoms with Crippen LogP contribution in [0.15, 0.2) is 54.6 Å². The molecule has 1 aliphatic heterocycles. The highest BCUT2D eigenvalue weighted by atomic mass is 16.2. The highest BCUT2D eigenvalue weighted by Gasteiger charge is 2.26. The van der Waals surface area contributed by atoms with E-state index in [1.807, 2.05) is 61.2 Å². The van der Waals surface area contributed by atoms with E-state index in [-0.39, 0.29) is 17.5 Å². The van der Waals surface area contributed by atoms with Crippen LogP contribution in [0.3, 0.4) is 0 Å². The van der Waals surface area contributed by atoms with Gasteiger partial charge in [-0.15, -0.1) is 0 Å². The molecule has 2 heterocycles. The average molecular weight is 388 g/mol. The molecule has 0 aliphatic carbocycles. The van der Waals surface area contributed by atoms with Crippen LogP contribution in [0, 0.1) is 13.8 Å². The molecule has 1 aliphatic rings. The molecule has 0 spiro atoms. The Morgan fingerprint density at radius 1 is 1.07 bits per heavy atom. The number of nitrogens with one attached hydrogen (secondary N) is 1. The summed E-state index contributed by atoms with van der Waals surface area (Å²) in [6, 6.07) is 17.4. The molecule has 6 heteroatoms. The number of carbonyl (C=O) groups excluding carboxylic acids is 2. The van der Waals surface area contributed by atoms with Crippen molar-refractivity contribution in [3.63, 3.8) is 0 Å². The Balaban J connectivity index is 1.54. The number of para-hydroxylation sites is 1. The van der Waals surface area contributed by atoms with Gasteiger partial charge in [0.25, 0.3) is 11.8 Å². The molecule has 2 amide bonds. The largest absolute Gasteiger partial charge is 0.333 e. The van der Waals surface area contributed by atoms with E-state index in [1.165, 1.54) is 5.56 Å². The number of hydrogen-bond donors (Lipinski definition) is 1. The van der Waals surface area contributed by atoms with Crippen LogP contribution >= 0.6 is 0 Å². The van der Waals surface area contributed by atoms with E-state index in [4.69, 9.17) is 0 Å². The van der Waals surface area contributed by atoms with Crippen LogP contribution in [0.4, 0.5) is 5.69 Å². The van der Waals surface area contributed by atoms with Gasteiger partial charge in [-0.1, -0.05) is 48.0 Å². The van der Waals surface area contributed by atoms with Crippen LogP contribution in [-0.4, -0.2) is 33.0 Å². The van der Waals surface area contributed by atoms with Crippen molar-refractivity contribution in [1.82, 2.24) is 14.7 Å². The summed E-state index contributed by atoms with van der Waals surface area (Å²) in [6.07, 6.45) is 0.797. The number of amides is 2. The first-order valence-corrected chi connectivity index (χ1v) is 9.81. The van der Waals surface area contributed by atoms with E-state index in [9.17, 15) is 9.59 Å². The van der Waals surface area contributed by atoms with Gasteiger partial charge in [0.1, 0.15) is 5.69 Å². The first kappa shape index (κ1) is 18.9. The maximum absolute atomic E-state index is 13.1. The maximum Gasteiger partial charge on any atom is 0.276 e. The van der Waals surface area contributed by atoms with Gasteiger partial charge in [0.05, 0.1) is 0 Å².